The second-order valence-electron chi connectivity index (χ2n) is 4.04. The highest BCUT2D eigenvalue weighted by atomic mass is 16.6. The lowest BCUT2D eigenvalue weighted by atomic mass is 10.3. The highest BCUT2D eigenvalue weighted by molar-refractivity contribution is 5.59. The van der Waals surface area contributed by atoms with Gasteiger partial charge in [0.2, 0.25) is 11.8 Å². The molecule has 0 bridgehead atoms. The topological polar surface area (TPSA) is 93.4 Å². The molecule has 1 aliphatic heterocycles. The summed E-state index contributed by atoms with van der Waals surface area (Å²) in [6, 6.07) is 0. The van der Waals surface area contributed by atoms with Gasteiger partial charge >= 0.3 is 5.69 Å². The number of anilines is 2. The molecular weight excluding hydrogens is 238 g/mol. The molecule has 0 radical (unpaired) electrons. The van der Waals surface area contributed by atoms with Crippen LogP contribution in [0.4, 0.5) is 17.5 Å². The largest absolute Gasteiger partial charge is 0.375 e. The summed E-state index contributed by atoms with van der Waals surface area (Å²) in [5.74, 6) is 0.712. The Morgan fingerprint density at radius 3 is 3.06 bits per heavy atom. The second kappa shape index (κ2) is 5.13. The number of hydrogen-bond acceptors (Lipinski definition) is 7. The van der Waals surface area contributed by atoms with Crippen LogP contribution in [0.5, 0.6) is 0 Å². The standard InChI is InChI=1S/C10H15N5O3/c1-7-6-14(3-4-18-7)9-8(15(16)17)5-12-10(11-2)13-9/h5,7H,3-4,6H2,1-2H3,(H,11,12,13). The van der Waals surface area contributed by atoms with E-state index in [1.165, 1.54) is 6.20 Å². The SMILES string of the molecule is CNc1ncc([N+](=O)[O-])c(N2CCOC(C)C2)n1. The molecule has 0 spiro atoms. The molecule has 1 unspecified atom stereocenters. The Labute approximate surface area is 104 Å². The van der Waals surface area contributed by atoms with Gasteiger partial charge in [0.05, 0.1) is 17.6 Å². The fourth-order valence-electron chi connectivity index (χ4n) is 1.86. The van der Waals surface area contributed by atoms with E-state index in [1.807, 2.05) is 11.8 Å². The molecule has 2 rings (SSSR count). The first-order chi connectivity index (χ1) is 8.61. The number of hydrogen-bond donors (Lipinski definition) is 1. The quantitative estimate of drug-likeness (QED) is 0.624. The summed E-state index contributed by atoms with van der Waals surface area (Å²) >= 11 is 0. The van der Waals surface area contributed by atoms with Crippen LogP contribution >= 0.6 is 0 Å². The van der Waals surface area contributed by atoms with Crippen molar-refractivity contribution in [1.82, 2.24) is 9.97 Å². The van der Waals surface area contributed by atoms with Crippen LogP contribution in [0.25, 0.3) is 0 Å². The molecule has 98 valence electrons. The van der Waals surface area contributed by atoms with E-state index in [0.717, 1.165) is 0 Å². The molecule has 0 aromatic carbocycles. The number of nitrogens with zero attached hydrogens (tertiary/aromatic N) is 4. The molecule has 0 aliphatic carbocycles. The maximum atomic E-state index is 11.0. The highest BCUT2D eigenvalue weighted by Crippen LogP contribution is 2.27. The van der Waals surface area contributed by atoms with E-state index in [9.17, 15) is 10.1 Å². The predicted octanol–water partition coefficient (Wildman–Crippen LogP) is 0.652. The van der Waals surface area contributed by atoms with Gasteiger partial charge in [-0.2, -0.15) is 4.98 Å². The Bertz CT molecular complexity index is 453. The Balaban J connectivity index is 2.36. The molecule has 1 atom stereocenters. The zero-order chi connectivity index (χ0) is 13.1. The second-order valence-corrected chi connectivity index (χ2v) is 4.04. The van der Waals surface area contributed by atoms with Gasteiger partial charge in [-0.15, -0.1) is 0 Å². The fraction of sp³-hybridized carbons (Fsp3) is 0.600. The maximum absolute atomic E-state index is 11.0. The summed E-state index contributed by atoms with van der Waals surface area (Å²) in [4.78, 5) is 20.4. The lowest BCUT2D eigenvalue weighted by Crippen LogP contribution is -2.41. The van der Waals surface area contributed by atoms with Crippen molar-refractivity contribution in [2.24, 2.45) is 0 Å². The van der Waals surface area contributed by atoms with Crippen LogP contribution < -0.4 is 10.2 Å². The number of rotatable bonds is 3. The third-order valence-electron chi connectivity index (χ3n) is 2.71. The number of aromatic nitrogens is 2. The predicted molar refractivity (Wildman–Crippen MR) is 65.9 cm³/mol. The highest BCUT2D eigenvalue weighted by Gasteiger charge is 2.26. The molecule has 1 aliphatic rings. The minimum Gasteiger partial charge on any atom is -0.375 e. The van der Waals surface area contributed by atoms with E-state index in [4.69, 9.17) is 4.74 Å². The average Bonchev–Trinajstić information content (AvgIpc) is 2.38. The molecule has 18 heavy (non-hydrogen) atoms. The van der Waals surface area contributed by atoms with Crippen molar-refractivity contribution >= 4 is 17.5 Å². The number of morpholine rings is 1. The normalized spacial score (nSPS) is 19.7. The first-order valence-electron chi connectivity index (χ1n) is 5.67. The third-order valence-corrected chi connectivity index (χ3v) is 2.71. The van der Waals surface area contributed by atoms with Crippen molar-refractivity contribution in [2.45, 2.75) is 13.0 Å². The van der Waals surface area contributed by atoms with Crippen molar-refractivity contribution < 1.29 is 9.66 Å². The number of nitro groups is 1. The maximum Gasteiger partial charge on any atom is 0.329 e. The molecule has 1 aromatic heterocycles. The molecule has 1 fully saturated rings. The van der Waals surface area contributed by atoms with Gasteiger partial charge in [0.25, 0.3) is 0 Å². The van der Waals surface area contributed by atoms with Crippen molar-refractivity contribution in [1.29, 1.82) is 0 Å². The Hall–Kier alpha value is -1.96. The van der Waals surface area contributed by atoms with Gasteiger partial charge in [0.1, 0.15) is 6.20 Å². The Morgan fingerprint density at radius 2 is 2.44 bits per heavy atom. The van der Waals surface area contributed by atoms with Crippen LogP contribution in [0.1, 0.15) is 6.92 Å². The monoisotopic (exact) mass is 253 g/mol. The number of ether oxygens (including phenoxy) is 1. The summed E-state index contributed by atoms with van der Waals surface area (Å²) in [5.41, 5.74) is -0.0805. The summed E-state index contributed by atoms with van der Waals surface area (Å²) in [6.07, 6.45) is 1.26. The van der Waals surface area contributed by atoms with Gasteiger partial charge in [-0.3, -0.25) is 10.1 Å². The van der Waals surface area contributed by atoms with E-state index in [-0.39, 0.29) is 11.8 Å². The van der Waals surface area contributed by atoms with Gasteiger partial charge < -0.3 is 15.0 Å². The zero-order valence-electron chi connectivity index (χ0n) is 10.3. The Morgan fingerprint density at radius 1 is 1.67 bits per heavy atom. The first-order valence-corrected chi connectivity index (χ1v) is 5.67. The molecule has 2 heterocycles. The molecule has 0 saturated carbocycles. The van der Waals surface area contributed by atoms with Crippen LogP contribution in [-0.2, 0) is 4.74 Å². The van der Waals surface area contributed by atoms with E-state index in [1.54, 1.807) is 7.05 Å². The fourth-order valence-corrected chi connectivity index (χ4v) is 1.86. The molecule has 1 saturated heterocycles. The summed E-state index contributed by atoms with van der Waals surface area (Å²) in [5, 5.41) is 13.8. The average molecular weight is 253 g/mol. The molecular formula is C10H15N5O3. The summed E-state index contributed by atoms with van der Waals surface area (Å²) in [7, 11) is 1.67. The molecule has 1 N–H and O–H groups in total. The summed E-state index contributed by atoms with van der Waals surface area (Å²) < 4.78 is 5.42. The molecule has 1 aromatic rings. The summed E-state index contributed by atoms with van der Waals surface area (Å²) in [6.45, 7) is 3.64. The lowest BCUT2D eigenvalue weighted by Gasteiger charge is -2.31. The van der Waals surface area contributed by atoms with Crippen molar-refractivity contribution in [3.05, 3.63) is 16.3 Å². The first kappa shape index (κ1) is 12.5. The molecule has 0 amide bonds. The molecule has 8 nitrogen and oxygen atoms in total. The van der Waals surface area contributed by atoms with Crippen LogP contribution in [0, 0.1) is 10.1 Å². The van der Waals surface area contributed by atoms with Gasteiger partial charge in [-0.1, -0.05) is 0 Å². The van der Waals surface area contributed by atoms with Crippen LogP contribution in [0.15, 0.2) is 6.20 Å². The van der Waals surface area contributed by atoms with E-state index >= 15 is 0 Å². The lowest BCUT2D eigenvalue weighted by molar-refractivity contribution is -0.384. The van der Waals surface area contributed by atoms with Gasteiger partial charge in [0, 0.05) is 20.1 Å². The van der Waals surface area contributed by atoms with Crippen molar-refractivity contribution in [3.63, 3.8) is 0 Å². The van der Waals surface area contributed by atoms with E-state index < -0.39 is 4.92 Å². The smallest absolute Gasteiger partial charge is 0.329 e. The van der Waals surface area contributed by atoms with Crippen LogP contribution in [0.3, 0.4) is 0 Å². The third kappa shape index (κ3) is 2.48. The molecule has 8 heteroatoms. The minimum atomic E-state index is -0.463. The van der Waals surface area contributed by atoms with Gasteiger partial charge in [-0.05, 0) is 6.92 Å². The minimum absolute atomic E-state index is 0.0337. The van der Waals surface area contributed by atoms with Gasteiger partial charge in [-0.25, -0.2) is 4.98 Å². The van der Waals surface area contributed by atoms with E-state index in [0.29, 0.717) is 31.5 Å². The Kier molecular flexibility index (Phi) is 3.56. The van der Waals surface area contributed by atoms with Crippen molar-refractivity contribution in [3.8, 4) is 0 Å². The van der Waals surface area contributed by atoms with Crippen LogP contribution in [-0.4, -0.2) is 47.7 Å². The van der Waals surface area contributed by atoms with Gasteiger partial charge in [0.15, 0.2) is 0 Å². The van der Waals surface area contributed by atoms with Crippen LogP contribution in [0.2, 0.25) is 0 Å². The number of nitrogens with one attached hydrogen (secondary N) is 1. The van der Waals surface area contributed by atoms with Crippen molar-refractivity contribution in [2.75, 3.05) is 37.0 Å². The zero-order valence-corrected chi connectivity index (χ0v) is 10.3. The van der Waals surface area contributed by atoms with E-state index in [2.05, 4.69) is 15.3 Å².